The first-order valence-electron chi connectivity index (χ1n) is 21.5. The van der Waals surface area contributed by atoms with Crippen molar-refractivity contribution in [2.75, 3.05) is 57.2 Å². The van der Waals surface area contributed by atoms with Gasteiger partial charge >= 0.3 is 30.3 Å². The summed E-state index contributed by atoms with van der Waals surface area (Å²) in [5.41, 5.74) is 9.60. The van der Waals surface area contributed by atoms with Gasteiger partial charge in [0.05, 0.1) is 32.3 Å². The van der Waals surface area contributed by atoms with Crippen LogP contribution in [0.4, 0.5) is 42.9 Å². The van der Waals surface area contributed by atoms with Gasteiger partial charge in [0.2, 0.25) is 5.95 Å². The van der Waals surface area contributed by atoms with Gasteiger partial charge in [-0.25, -0.2) is 19.4 Å². The molecule has 5 aromatic rings. The number of rotatable bonds is 13. The summed E-state index contributed by atoms with van der Waals surface area (Å²) in [7, 11) is 3.28. The maximum atomic E-state index is 12.7. The first-order chi connectivity index (χ1) is 33.1. The van der Waals surface area contributed by atoms with Crippen molar-refractivity contribution < 1.29 is 79.9 Å². The molecule has 3 aliphatic rings. The molecule has 3 aromatic heterocycles. The second-order valence-corrected chi connectivity index (χ2v) is 16.1. The molecule has 3 aliphatic heterocycles. The van der Waals surface area contributed by atoms with Crippen LogP contribution in [0.25, 0.3) is 11.2 Å². The Labute approximate surface area is 394 Å². The fourth-order valence-electron chi connectivity index (χ4n) is 8.09. The number of carboxylic acids is 2. The summed E-state index contributed by atoms with van der Waals surface area (Å²) in [4.78, 5) is 49.1. The van der Waals surface area contributed by atoms with Crippen LogP contribution < -0.4 is 30.7 Å². The van der Waals surface area contributed by atoms with E-state index in [4.69, 9.17) is 59.2 Å². The van der Waals surface area contributed by atoms with Crippen molar-refractivity contribution in [2.24, 2.45) is 5.73 Å². The summed E-state index contributed by atoms with van der Waals surface area (Å²) in [6, 6.07) is 17.1. The van der Waals surface area contributed by atoms with Crippen molar-refractivity contribution in [3.63, 3.8) is 0 Å². The number of methoxy groups -OCH3 is 2. The van der Waals surface area contributed by atoms with Crippen LogP contribution in [-0.2, 0) is 20.7 Å². The van der Waals surface area contributed by atoms with Crippen molar-refractivity contribution in [3.8, 4) is 11.5 Å². The summed E-state index contributed by atoms with van der Waals surface area (Å²) in [5.74, 6) is -2.92. The summed E-state index contributed by atoms with van der Waals surface area (Å²) in [6.07, 6.45) is -11.1. The van der Waals surface area contributed by atoms with Crippen molar-refractivity contribution in [2.45, 2.75) is 81.1 Å². The number of benzene rings is 2. The highest BCUT2D eigenvalue weighted by Gasteiger charge is 2.47. The monoisotopic (exact) mass is 996 g/mol. The fourth-order valence-corrected chi connectivity index (χ4v) is 8.09. The maximum Gasteiger partial charge on any atom is 0.490 e. The summed E-state index contributed by atoms with van der Waals surface area (Å²) in [5, 5.41) is 47.7. The van der Waals surface area contributed by atoms with Gasteiger partial charge in [-0.3, -0.25) is 4.57 Å². The highest BCUT2D eigenvalue weighted by molar-refractivity contribution is 5.84. The summed E-state index contributed by atoms with van der Waals surface area (Å²) < 4.78 is 87.7. The second-order valence-electron chi connectivity index (χ2n) is 16.1. The molecular formula is C43H50F6N10O11. The smallest absolute Gasteiger partial charge is 0.490 e. The second kappa shape index (κ2) is 22.2. The van der Waals surface area contributed by atoms with Crippen LogP contribution in [0, 0.1) is 0 Å². The van der Waals surface area contributed by atoms with E-state index < -0.39 is 54.9 Å². The zero-order chi connectivity index (χ0) is 51.1. The molecule has 27 heteroatoms. The van der Waals surface area contributed by atoms with E-state index in [-0.39, 0.29) is 18.0 Å². The molecule has 0 radical (unpaired) electrons. The standard InChI is InChI=1S/C39H48N10O7.2C2HF3O2/c1-4-24-17-30(56-46-24)34-32(50)33(51)37(55-34)48-21-43-31-35(42-19-29(22-5-9-27(53-2)10-6-22)23-7-11-28(54-3)12-8-23)44-39(45-36(31)48)47-16-14-26(20-47)49(38(40)52)25-13-15-41-18-25;2*3-2(4,5)1(6)7/h5-12,17,21,25-26,29,32-34,37,41,50-51H,4,13-16,18-20H2,1-3H3,(H2,40,52)(H,42,44,45);2*(H,6,7)/t25-,26-,32+,33-,34-,37-;;/m1../s1. The average molecular weight is 997 g/mol. The number of nitrogens with two attached hydrogens (primary N) is 1. The molecule has 380 valence electrons. The third-order valence-electron chi connectivity index (χ3n) is 11.7. The Morgan fingerprint density at radius 2 is 1.50 bits per heavy atom. The molecule has 0 unspecified atom stereocenters. The molecular weight excluding hydrogens is 947 g/mol. The zero-order valence-electron chi connectivity index (χ0n) is 37.6. The number of primary amides is 1. The Morgan fingerprint density at radius 1 is 0.914 bits per heavy atom. The fraction of sp³-hybridized carbons (Fsp3) is 0.465. The maximum absolute atomic E-state index is 12.7. The lowest BCUT2D eigenvalue weighted by Gasteiger charge is -2.32. The Bertz CT molecular complexity index is 2490. The van der Waals surface area contributed by atoms with E-state index in [0.717, 1.165) is 35.6 Å². The topological polar surface area (TPSA) is 286 Å². The number of urea groups is 1. The minimum absolute atomic E-state index is 0.0190. The largest absolute Gasteiger partial charge is 0.497 e. The van der Waals surface area contributed by atoms with Crippen molar-refractivity contribution >= 4 is 40.9 Å². The Hall–Kier alpha value is -6.97. The van der Waals surface area contributed by atoms with Gasteiger partial charge in [0, 0.05) is 44.2 Å². The molecule has 0 aliphatic carbocycles. The minimum atomic E-state index is -5.08. The van der Waals surface area contributed by atoms with E-state index in [1.54, 1.807) is 29.8 Å². The molecule has 6 atom stereocenters. The van der Waals surface area contributed by atoms with E-state index in [1.165, 1.54) is 6.33 Å². The van der Waals surface area contributed by atoms with Crippen molar-refractivity contribution in [1.29, 1.82) is 0 Å². The molecule has 0 saturated carbocycles. The summed E-state index contributed by atoms with van der Waals surface area (Å²) in [6.45, 7) is 4.97. The van der Waals surface area contributed by atoms with Crippen LogP contribution in [0.2, 0.25) is 0 Å². The molecule has 3 fully saturated rings. The number of nitrogens with zero attached hydrogens (tertiary/aromatic N) is 7. The number of nitrogens with one attached hydrogen (secondary N) is 2. The number of halogens is 6. The molecule has 8 N–H and O–H groups in total. The number of aliphatic hydroxyl groups is 2. The molecule has 0 bridgehead atoms. The number of carboxylic acid groups (broad SMARTS) is 2. The highest BCUT2D eigenvalue weighted by Crippen LogP contribution is 2.41. The number of aliphatic carboxylic acids is 2. The average Bonchev–Trinajstić information content (AvgIpc) is 4.20. The number of anilines is 2. The van der Waals surface area contributed by atoms with E-state index in [0.29, 0.717) is 73.4 Å². The lowest BCUT2D eigenvalue weighted by Crippen LogP contribution is -2.51. The van der Waals surface area contributed by atoms with E-state index in [9.17, 15) is 41.4 Å². The third kappa shape index (κ3) is 12.2. The van der Waals surface area contributed by atoms with Gasteiger partial charge in [-0.15, -0.1) is 0 Å². The van der Waals surface area contributed by atoms with Gasteiger partial charge in [0.25, 0.3) is 0 Å². The number of hydrogen-bond donors (Lipinski definition) is 7. The Morgan fingerprint density at radius 3 is 1.99 bits per heavy atom. The molecule has 70 heavy (non-hydrogen) atoms. The lowest BCUT2D eigenvalue weighted by atomic mass is 9.91. The number of alkyl halides is 6. The predicted octanol–water partition coefficient (Wildman–Crippen LogP) is 4.22. The van der Waals surface area contributed by atoms with Gasteiger partial charge in [0.15, 0.2) is 29.0 Å². The molecule has 0 spiro atoms. The number of aliphatic hydroxyl groups excluding tert-OH is 2. The van der Waals surface area contributed by atoms with Crippen LogP contribution in [0.15, 0.2) is 65.4 Å². The van der Waals surface area contributed by atoms with Gasteiger partial charge in [0.1, 0.15) is 29.8 Å². The van der Waals surface area contributed by atoms with E-state index in [2.05, 4.69) is 15.8 Å². The van der Waals surface area contributed by atoms with Crippen LogP contribution in [0.3, 0.4) is 0 Å². The number of fused-ring (bicyclic) bond motifs is 1. The number of aromatic nitrogens is 5. The molecule has 6 heterocycles. The van der Waals surface area contributed by atoms with Crippen LogP contribution in [-0.4, -0.2) is 152 Å². The van der Waals surface area contributed by atoms with Gasteiger partial charge in [-0.05, 0) is 61.2 Å². The number of aryl methyl sites for hydroxylation is 1. The van der Waals surface area contributed by atoms with E-state index >= 15 is 0 Å². The van der Waals surface area contributed by atoms with Crippen LogP contribution in [0.1, 0.15) is 60.6 Å². The van der Waals surface area contributed by atoms with Gasteiger partial charge < -0.3 is 65.3 Å². The minimum Gasteiger partial charge on any atom is -0.497 e. The first-order valence-corrected chi connectivity index (χ1v) is 21.5. The first kappa shape index (κ1) is 52.4. The lowest BCUT2D eigenvalue weighted by molar-refractivity contribution is -0.193. The van der Waals surface area contributed by atoms with E-state index in [1.807, 2.05) is 60.4 Å². The molecule has 2 aromatic carbocycles. The number of amides is 2. The quantitative estimate of drug-likeness (QED) is 0.0813. The normalized spacial score (nSPS) is 21.2. The van der Waals surface area contributed by atoms with Crippen LogP contribution >= 0.6 is 0 Å². The summed E-state index contributed by atoms with van der Waals surface area (Å²) >= 11 is 0. The van der Waals surface area contributed by atoms with Crippen LogP contribution in [0.5, 0.6) is 11.5 Å². The van der Waals surface area contributed by atoms with Crippen molar-refractivity contribution in [1.82, 2.24) is 34.9 Å². The number of ether oxygens (including phenoxy) is 3. The van der Waals surface area contributed by atoms with Gasteiger partial charge in [-0.2, -0.15) is 36.3 Å². The molecule has 2 amide bonds. The number of imidazole rings is 1. The Balaban J connectivity index is 0.000000503. The SMILES string of the molecule is CCc1cc([C@H]2O[C@@H](n3cnc4c(NCC(c5ccc(OC)cc5)c5ccc(OC)cc5)nc(N5CC[C@@H](N(C(N)=O)[C@@H]6CCNC6)C5)nc43)[C@H](O)[C@@H]2O)on1.O=C(O)C(F)(F)F.O=C(O)C(F)(F)F. The number of carbonyl (C=O) groups excluding carboxylic acids is 1. The molecule has 21 nitrogen and oxygen atoms in total. The Kier molecular flexibility index (Phi) is 16.6. The third-order valence-corrected chi connectivity index (χ3v) is 11.7. The predicted molar refractivity (Wildman–Crippen MR) is 233 cm³/mol. The zero-order valence-corrected chi connectivity index (χ0v) is 37.6. The molecule has 8 rings (SSSR count). The molecule has 3 saturated heterocycles. The highest BCUT2D eigenvalue weighted by atomic mass is 19.4. The van der Waals surface area contributed by atoms with Gasteiger partial charge in [-0.1, -0.05) is 36.3 Å². The van der Waals surface area contributed by atoms with Crippen molar-refractivity contribution in [3.05, 3.63) is 83.5 Å². The number of hydrogen-bond acceptors (Lipinski definition) is 16. The number of carbonyl (C=O) groups is 3.